The quantitative estimate of drug-likeness (QED) is 0.735. The fourth-order valence-electron chi connectivity index (χ4n) is 4.26. The van der Waals surface area contributed by atoms with Crippen molar-refractivity contribution in [3.8, 4) is 0 Å². The summed E-state index contributed by atoms with van der Waals surface area (Å²) in [6.07, 6.45) is 3.25. The maximum absolute atomic E-state index is 12.3. The van der Waals surface area contributed by atoms with Crippen molar-refractivity contribution in [2.75, 3.05) is 32.7 Å². The molecule has 3 rings (SSSR count). The van der Waals surface area contributed by atoms with Crippen LogP contribution in [0.2, 0.25) is 0 Å². The van der Waals surface area contributed by atoms with Crippen LogP contribution in [0.4, 0.5) is 0 Å². The smallest absolute Gasteiger partial charge is 0.243 e. The fraction of sp³-hybridized carbons (Fsp3) is 0.591. The van der Waals surface area contributed by atoms with Gasteiger partial charge in [0.1, 0.15) is 6.54 Å². The van der Waals surface area contributed by atoms with E-state index in [2.05, 4.69) is 29.2 Å². The molecule has 1 fully saturated rings. The molecule has 2 amide bonds. The van der Waals surface area contributed by atoms with Crippen molar-refractivity contribution >= 4 is 17.5 Å². The number of nitrogens with zero attached hydrogens (tertiary/aromatic N) is 3. The van der Waals surface area contributed by atoms with E-state index in [9.17, 15) is 9.59 Å². The molecule has 152 valence electrons. The van der Waals surface area contributed by atoms with Crippen LogP contribution in [0.1, 0.15) is 45.1 Å². The molecule has 1 saturated heterocycles. The molecule has 1 aromatic carbocycles. The summed E-state index contributed by atoms with van der Waals surface area (Å²) in [4.78, 5) is 26.9. The highest BCUT2D eigenvalue weighted by Crippen LogP contribution is 2.20. The molecule has 0 aliphatic carbocycles. The zero-order chi connectivity index (χ0) is 19.9. The van der Waals surface area contributed by atoms with Crippen LogP contribution in [0.3, 0.4) is 0 Å². The molecule has 2 aliphatic rings. The first-order valence-electron chi connectivity index (χ1n) is 10.4. The molecular weight excluding hydrogens is 352 g/mol. The van der Waals surface area contributed by atoms with Crippen molar-refractivity contribution in [1.29, 1.82) is 0 Å². The zero-order valence-electron chi connectivity index (χ0n) is 17.1. The molecule has 2 aliphatic heterocycles. The third-order valence-electron chi connectivity index (χ3n) is 5.42. The number of carbonyl (C=O) groups excluding carboxylic acids is 2. The van der Waals surface area contributed by atoms with Crippen LogP contribution in [-0.2, 0) is 9.59 Å². The maximum Gasteiger partial charge on any atom is 0.243 e. The lowest BCUT2D eigenvalue weighted by Gasteiger charge is -2.34. The minimum atomic E-state index is -0.146. The Labute approximate surface area is 168 Å². The third kappa shape index (κ3) is 5.89. The maximum atomic E-state index is 12.3. The van der Waals surface area contributed by atoms with Gasteiger partial charge in [0, 0.05) is 32.5 Å². The Morgan fingerprint density at radius 1 is 1.14 bits per heavy atom. The second kappa shape index (κ2) is 9.82. The summed E-state index contributed by atoms with van der Waals surface area (Å²) in [6, 6.07) is 9.82. The summed E-state index contributed by atoms with van der Waals surface area (Å²) in [5.41, 5.74) is 1.87. The topological polar surface area (TPSA) is 65.0 Å². The lowest BCUT2D eigenvalue weighted by Crippen LogP contribution is -2.42. The van der Waals surface area contributed by atoms with Gasteiger partial charge in [0.05, 0.1) is 5.71 Å². The molecule has 2 atom stereocenters. The second-order valence-electron chi connectivity index (χ2n) is 8.27. The Kier molecular flexibility index (Phi) is 7.20. The van der Waals surface area contributed by atoms with Gasteiger partial charge < -0.3 is 10.2 Å². The SMILES string of the molecule is C[C@@H]1C[C@@H](C)CN(CCCNC(=O)CN2N=C(c3ccccc3)CCC2=O)C1. The molecule has 1 aromatic rings. The van der Waals surface area contributed by atoms with E-state index in [4.69, 9.17) is 0 Å². The Bertz CT molecular complexity index is 694. The molecule has 1 N–H and O–H groups in total. The van der Waals surface area contributed by atoms with Gasteiger partial charge in [-0.2, -0.15) is 5.10 Å². The molecule has 0 spiro atoms. The number of piperidine rings is 1. The van der Waals surface area contributed by atoms with Crippen molar-refractivity contribution in [2.45, 2.75) is 39.5 Å². The number of nitrogens with one attached hydrogen (secondary N) is 1. The van der Waals surface area contributed by atoms with Crippen molar-refractivity contribution < 1.29 is 9.59 Å². The van der Waals surface area contributed by atoms with Crippen LogP contribution in [0, 0.1) is 11.8 Å². The predicted octanol–water partition coefficient (Wildman–Crippen LogP) is 2.50. The Morgan fingerprint density at radius 2 is 1.86 bits per heavy atom. The molecule has 28 heavy (non-hydrogen) atoms. The van der Waals surface area contributed by atoms with Crippen molar-refractivity contribution in [3.05, 3.63) is 35.9 Å². The Hall–Kier alpha value is -2.21. The van der Waals surface area contributed by atoms with E-state index in [1.165, 1.54) is 11.4 Å². The van der Waals surface area contributed by atoms with Gasteiger partial charge in [0.2, 0.25) is 11.8 Å². The zero-order valence-corrected chi connectivity index (χ0v) is 17.1. The van der Waals surface area contributed by atoms with Gasteiger partial charge in [0.25, 0.3) is 0 Å². The molecule has 6 heteroatoms. The molecule has 0 saturated carbocycles. The van der Waals surface area contributed by atoms with Crippen molar-refractivity contribution in [3.63, 3.8) is 0 Å². The number of likely N-dealkylation sites (tertiary alicyclic amines) is 1. The van der Waals surface area contributed by atoms with E-state index in [-0.39, 0.29) is 18.4 Å². The van der Waals surface area contributed by atoms with Gasteiger partial charge in [-0.25, -0.2) is 5.01 Å². The minimum absolute atomic E-state index is 0.00699. The summed E-state index contributed by atoms with van der Waals surface area (Å²) in [5, 5.41) is 8.68. The number of carbonyl (C=O) groups is 2. The minimum Gasteiger partial charge on any atom is -0.354 e. The van der Waals surface area contributed by atoms with Gasteiger partial charge >= 0.3 is 0 Å². The number of benzene rings is 1. The number of amides is 2. The molecule has 2 heterocycles. The molecule has 0 radical (unpaired) electrons. The summed E-state index contributed by atoms with van der Waals surface area (Å²) < 4.78 is 0. The summed E-state index contributed by atoms with van der Waals surface area (Å²) in [5.74, 6) is 1.26. The third-order valence-corrected chi connectivity index (χ3v) is 5.42. The van der Waals surface area contributed by atoms with E-state index in [1.807, 2.05) is 30.3 Å². The first kappa shape index (κ1) is 20.5. The van der Waals surface area contributed by atoms with Gasteiger partial charge in [-0.05, 0) is 36.8 Å². The van der Waals surface area contributed by atoms with Crippen LogP contribution in [0.15, 0.2) is 35.4 Å². The van der Waals surface area contributed by atoms with E-state index in [1.54, 1.807) is 0 Å². The molecular formula is C22H32N4O2. The van der Waals surface area contributed by atoms with Crippen molar-refractivity contribution in [1.82, 2.24) is 15.2 Å². The number of hydrazone groups is 1. The summed E-state index contributed by atoms with van der Waals surface area (Å²) in [7, 11) is 0. The number of hydrogen-bond donors (Lipinski definition) is 1. The van der Waals surface area contributed by atoms with E-state index in [0.29, 0.717) is 19.4 Å². The molecule has 0 bridgehead atoms. The highest BCUT2D eigenvalue weighted by Gasteiger charge is 2.24. The van der Waals surface area contributed by atoms with Crippen molar-refractivity contribution in [2.24, 2.45) is 16.9 Å². The van der Waals surface area contributed by atoms with Gasteiger partial charge in [-0.1, -0.05) is 44.2 Å². The molecule has 0 unspecified atom stereocenters. The normalized spacial score (nSPS) is 23.4. The van der Waals surface area contributed by atoms with Gasteiger partial charge in [-0.3, -0.25) is 9.59 Å². The largest absolute Gasteiger partial charge is 0.354 e. The molecule has 0 aromatic heterocycles. The van der Waals surface area contributed by atoms with Gasteiger partial charge in [0.15, 0.2) is 0 Å². The highest BCUT2D eigenvalue weighted by atomic mass is 16.2. The Morgan fingerprint density at radius 3 is 2.57 bits per heavy atom. The average molecular weight is 385 g/mol. The monoisotopic (exact) mass is 384 g/mol. The lowest BCUT2D eigenvalue weighted by molar-refractivity contribution is -0.136. The first-order valence-corrected chi connectivity index (χ1v) is 10.4. The van der Waals surface area contributed by atoms with Crippen LogP contribution in [0.25, 0.3) is 0 Å². The average Bonchev–Trinajstić information content (AvgIpc) is 2.67. The Balaban J connectivity index is 1.43. The summed E-state index contributed by atoms with van der Waals surface area (Å²) >= 11 is 0. The fourth-order valence-corrected chi connectivity index (χ4v) is 4.26. The van der Waals surface area contributed by atoms with Crippen LogP contribution in [0.5, 0.6) is 0 Å². The van der Waals surface area contributed by atoms with Crippen LogP contribution >= 0.6 is 0 Å². The van der Waals surface area contributed by atoms with Crippen LogP contribution in [-0.4, -0.2) is 60.2 Å². The second-order valence-corrected chi connectivity index (χ2v) is 8.27. The standard InChI is InChI=1S/C22H32N4O2/c1-17-13-18(2)15-25(14-17)12-6-11-23-21(27)16-26-22(28)10-9-20(24-26)19-7-4-3-5-8-19/h3-5,7-8,17-18H,6,9-16H2,1-2H3,(H,23,27)/t17-,18-/m1/s1. The van der Waals surface area contributed by atoms with E-state index < -0.39 is 0 Å². The number of hydrogen-bond acceptors (Lipinski definition) is 4. The summed E-state index contributed by atoms with van der Waals surface area (Å²) in [6.45, 7) is 8.56. The molecule has 6 nitrogen and oxygen atoms in total. The number of rotatable bonds is 7. The van der Waals surface area contributed by atoms with E-state index >= 15 is 0 Å². The lowest BCUT2D eigenvalue weighted by atomic mass is 9.92. The van der Waals surface area contributed by atoms with Crippen LogP contribution < -0.4 is 5.32 Å². The first-order chi connectivity index (χ1) is 13.5. The predicted molar refractivity (Wildman–Crippen MR) is 111 cm³/mol. The van der Waals surface area contributed by atoms with E-state index in [0.717, 1.165) is 49.2 Å². The van der Waals surface area contributed by atoms with Gasteiger partial charge in [-0.15, -0.1) is 0 Å². The highest BCUT2D eigenvalue weighted by molar-refractivity contribution is 6.04.